The van der Waals surface area contributed by atoms with Gasteiger partial charge >= 0.3 is 0 Å². The van der Waals surface area contributed by atoms with E-state index in [-0.39, 0.29) is 4.90 Å². The van der Waals surface area contributed by atoms with Crippen molar-refractivity contribution < 1.29 is 17.9 Å². The quantitative estimate of drug-likeness (QED) is 0.688. The van der Waals surface area contributed by atoms with Crippen LogP contribution in [0.15, 0.2) is 41.3 Å². The molecule has 0 heterocycles. The fourth-order valence-electron chi connectivity index (χ4n) is 2.82. The van der Waals surface area contributed by atoms with Gasteiger partial charge in [-0.1, -0.05) is 12.1 Å². The van der Waals surface area contributed by atoms with Crippen LogP contribution in [-0.2, 0) is 10.0 Å². The fraction of sp³-hybridized carbons (Fsp3) is 0.400. The minimum absolute atomic E-state index is 0.122. The first-order valence-corrected chi connectivity index (χ1v) is 10.3. The average Bonchev–Trinajstić information content (AvgIpc) is 2.58. The van der Waals surface area contributed by atoms with Gasteiger partial charge in [0.05, 0.1) is 18.9 Å². The summed E-state index contributed by atoms with van der Waals surface area (Å²) >= 11 is 0. The monoisotopic (exact) mass is 377 g/mol. The van der Waals surface area contributed by atoms with Crippen molar-refractivity contribution in [2.75, 3.05) is 24.1 Å². The lowest BCUT2D eigenvalue weighted by Gasteiger charge is -2.25. The molecule has 0 saturated carbocycles. The van der Waals surface area contributed by atoms with Crippen LogP contribution in [0.4, 0.5) is 5.69 Å². The highest BCUT2D eigenvalue weighted by Crippen LogP contribution is 2.35. The Bertz CT molecular complexity index is 862. The van der Waals surface area contributed by atoms with Crippen molar-refractivity contribution in [2.45, 2.75) is 39.5 Å². The zero-order chi connectivity index (χ0) is 19.3. The third-order valence-corrected chi connectivity index (χ3v) is 5.91. The molecule has 0 unspecified atom stereocenters. The minimum atomic E-state index is -3.80. The van der Waals surface area contributed by atoms with Gasteiger partial charge in [0, 0.05) is 12.6 Å². The van der Waals surface area contributed by atoms with Gasteiger partial charge < -0.3 is 9.47 Å². The number of rotatable bonds is 8. The highest BCUT2D eigenvalue weighted by Gasteiger charge is 2.28. The lowest BCUT2D eigenvalue weighted by Crippen LogP contribution is -2.31. The Labute approximate surface area is 156 Å². The van der Waals surface area contributed by atoms with Crippen LogP contribution in [0.3, 0.4) is 0 Å². The van der Waals surface area contributed by atoms with Gasteiger partial charge in [-0.3, -0.25) is 4.31 Å². The Morgan fingerprint density at radius 1 is 0.923 bits per heavy atom. The molecule has 2 aromatic carbocycles. The Balaban J connectivity index is 2.63. The van der Waals surface area contributed by atoms with E-state index in [2.05, 4.69) is 0 Å². The van der Waals surface area contributed by atoms with E-state index in [1.165, 1.54) is 4.31 Å². The van der Waals surface area contributed by atoms with E-state index >= 15 is 0 Å². The number of hydrogen-bond acceptors (Lipinski definition) is 4. The summed E-state index contributed by atoms with van der Waals surface area (Å²) < 4.78 is 39.5. The lowest BCUT2D eigenvalue weighted by atomic mass is 10.2. The molecule has 0 aliphatic heterocycles. The average molecular weight is 378 g/mol. The van der Waals surface area contributed by atoms with Crippen LogP contribution in [0.1, 0.15) is 31.9 Å². The molecule has 2 rings (SSSR count). The molecule has 0 saturated heterocycles. The molecule has 0 N–H and O–H groups in total. The first-order chi connectivity index (χ1) is 12.3. The largest absolute Gasteiger partial charge is 0.494 e. The Morgan fingerprint density at radius 3 is 2.15 bits per heavy atom. The normalized spacial score (nSPS) is 11.3. The Morgan fingerprint density at radius 2 is 1.58 bits per heavy atom. The van der Waals surface area contributed by atoms with Crippen LogP contribution in [0.25, 0.3) is 0 Å². The maximum atomic E-state index is 13.4. The number of aryl methyl sites for hydroxylation is 2. The van der Waals surface area contributed by atoms with Gasteiger partial charge in [0.25, 0.3) is 10.0 Å². The fourth-order valence-corrected chi connectivity index (χ4v) is 4.41. The first kappa shape index (κ1) is 20.1. The summed E-state index contributed by atoms with van der Waals surface area (Å²) in [6, 6.07) is 10.7. The topological polar surface area (TPSA) is 55.8 Å². The SMILES string of the molecule is CCOc1cc(S(=O)(=O)N(CC)c2cccc(C)c2)c(OCC)cc1C. The van der Waals surface area contributed by atoms with E-state index in [0.29, 0.717) is 36.9 Å². The summed E-state index contributed by atoms with van der Waals surface area (Å²) in [7, 11) is -3.80. The second-order valence-electron chi connectivity index (χ2n) is 5.94. The molecule has 0 aliphatic carbocycles. The Hall–Kier alpha value is -2.21. The van der Waals surface area contributed by atoms with Crippen LogP contribution >= 0.6 is 0 Å². The maximum absolute atomic E-state index is 13.4. The van der Waals surface area contributed by atoms with E-state index in [1.807, 2.05) is 52.8 Å². The van der Waals surface area contributed by atoms with Crippen molar-refractivity contribution in [3.63, 3.8) is 0 Å². The van der Waals surface area contributed by atoms with E-state index in [0.717, 1.165) is 11.1 Å². The molecular formula is C20H27NO4S. The molecular weight excluding hydrogens is 350 g/mol. The van der Waals surface area contributed by atoms with Gasteiger partial charge in [-0.25, -0.2) is 8.42 Å². The number of nitrogens with zero attached hydrogens (tertiary/aromatic N) is 1. The number of sulfonamides is 1. The number of hydrogen-bond donors (Lipinski definition) is 0. The highest BCUT2D eigenvalue weighted by atomic mass is 32.2. The van der Waals surface area contributed by atoms with Crippen molar-refractivity contribution in [1.29, 1.82) is 0 Å². The summed E-state index contributed by atoms with van der Waals surface area (Å²) in [6.45, 7) is 10.5. The number of ether oxygens (including phenoxy) is 2. The van der Waals surface area contributed by atoms with Crippen molar-refractivity contribution >= 4 is 15.7 Å². The molecule has 0 spiro atoms. The third kappa shape index (κ3) is 4.12. The van der Waals surface area contributed by atoms with Crippen molar-refractivity contribution in [3.8, 4) is 11.5 Å². The molecule has 6 heteroatoms. The van der Waals surface area contributed by atoms with Gasteiger partial charge in [-0.15, -0.1) is 0 Å². The molecule has 0 bridgehead atoms. The first-order valence-electron chi connectivity index (χ1n) is 8.84. The molecule has 0 amide bonds. The molecule has 0 aliphatic rings. The Kier molecular flexibility index (Phi) is 6.53. The number of anilines is 1. The smallest absolute Gasteiger partial charge is 0.268 e. The van der Waals surface area contributed by atoms with Crippen LogP contribution in [0.2, 0.25) is 0 Å². The molecule has 2 aromatic rings. The molecule has 0 fully saturated rings. The van der Waals surface area contributed by atoms with Gasteiger partial charge in [-0.05, 0) is 63.9 Å². The summed E-state index contributed by atoms with van der Waals surface area (Å²) in [5.74, 6) is 0.898. The molecule has 0 atom stereocenters. The highest BCUT2D eigenvalue weighted by molar-refractivity contribution is 7.93. The predicted molar refractivity (Wildman–Crippen MR) is 105 cm³/mol. The lowest BCUT2D eigenvalue weighted by molar-refractivity contribution is 0.320. The summed E-state index contributed by atoms with van der Waals surface area (Å²) in [4.78, 5) is 0.122. The summed E-state index contributed by atoms with van der Waals surface area (Å²) in [5.41, 5.74) is 2.47. The van der Waals surface area contributed by atoms with E-state index in [9.17, 15) is 8.42 Å². The number of benzene rings is 2. The van der Waals surface area contributed by atoms with Crippen molar-refractivity contribution in [1.82, 2.24) is 0 Å². The van der Waals surface area contributed by atoms with E-state index in [4.69, 9.17) is 9.47 Å². The predicted octanol–water partition coefficient (Wildman–Crippen LogP) is 4.32. The molecule has 0 aromatic heterocycles. The minimum Gasteiger partial charge on any atom is -0.494 e. The van der Waals surface area contributed by atoms with Gasteiger partial charge in [0.1, 0.15) is 16.4 Å². The molecule has 26 heavy (non-hydrogen) atoms. The summed E-state index contributed by atoms with van der Waals surface area (Å²) in [6.07, 6.45) is 0. The van der Waals surface area contributed by atoms with E-state index < -0.39 is 10.0 Å². The second kappa shape index (κ2) is 8.45. The van der Waals surface area contributed by atoms with Crippen molar-refractivity contribution in [3.05, 3.63) is 47.5 Å². The molecule has 0 radical (unpaired) electrons. The van der Waals surface area contributed by atoms with Gasteiger partial charge in [0.15, 0.2) is 0 Å². The molecule has 5 nitrogen and oxygen atoms in total. The van der Waals surface area contributed by atoms with Crippen LogP contribution < -0.4 is 13.8 Å². The van der Waals surface area contributed by atoms with Crippen LogP contribution in [0.5, 0.6) is 11.5 Å². The zero-order valence-corrected chi connectivity index (χ0v) is 16.9. The maximum Gasteiger partial charge on any atom is 0.268 e. The summed E-state index contributed by atoms with van der Waals surface area (Å²) in [5, 5.41) is 0. The van der Waals surface area contributed by atoms with Crippen LogP contribution in [-0.4, -0.2) is 28.2 Å². The van der Waals surface area contributed by atoms with Crippen LogP contribution in [0, 0.1) is 13.8 Å². The standard InChI is InChI=1S/C20H27NO4S/c1-6-21(17-11-9-10-15(4)12-17)26(22,23)20-14-18(24-7-2)16(5)13-19(20)25-8-3/h9-14H,6-8H2,1-5H3. The second-order valence-corrected chi connectivity index (χ2v) is 7.77. The van der Waals surface area contributed by atoms with Gasteiger partial charge in [-0.2, -0.15) is 0 Å². The third-order valence-electron chi connectivity index (χ3n) is 3.99. The van der Waals surface area contributed by atoms with Crippen molar-refractivity contribution in [2.24, 2.45) is 0 Å². The zero-order valence-electron chi connectivity index (χ0n) is 16.1. The molecule has 142 valence electrons. The van der Waals surface area contributed by atoms with E-state index in [1.54, 1.807) is 18.2 Å². The van der Waals surface area contributed by atoms with Gasteiger partial charge in [0.2, 0.25) is 0 Å².